The minimum absolute atomic E-state index is 1.17. The van der Waals surface area contributed by atoms with Gasteiger partial charge < -0.3 is 4.90 Å². The molecule has 0 N–H and O–H groups in total. The van der Waals surface area contributed by atoms with E-state index in [1.165, 1.54) is 50.0 Å². The van der Waals surface area contributed by atoms with E-state index in [1.807, 2.05) is 0 Å². The summed E-state index contributed by atoms with van der Waals surface area (Å²) in [5.74, 6) is 0. The maximum atomic E-state index is 3.29. The number of unbranched alkanes of at least 4 members (excludes halogenated alkanes) is 2. The third-order valence-electron chi connectivity index (χ3n) is 2.88. The number of aryl methyl sites for hydroxylation is 1. The van der Waals surface area contributed by atoms with Gasteiger partial charge in [-0.3, -0.25) is 0 Å². The van der Waals surface area contributed by atoms with Gasteiger partial charge in [0, 0.05) is 18.8 Å². The van der Waals surface area contributed by atoms with Gasteiger partial charge in [-0.25, -0.2) is 0 Å². The number of hydrogen-bond acceptors (Lipinski definition) is 1. The van der Waals surface area contributed by atoms with Crippen LogP contribution in [0.3, 0.4) is 0 Å². The highest BCUT2D eigenvalue weighted by atomic mass is 15.1. The van der Waals surface area contributed by atoms with Gasteiger partial charge in [0.1, 0.15) is 0 Å². The van der Waals surface area contributed by atoms with E-state index < -0.39 is 0 Å². The molecule has 0 bridgehead atoms. The highest BCUT2D eigenvalue weighted by molar-refractivity contribution is 5.46. The summed E-state index contributed by atoms with van der Waals surface area (Å²) in [4.78, 5) is 2.49. The number of anilines is 1. The normalized spacial score (nSPS) is 10.4. The lowest BCUT2D eigenvalue weighted by molar-refractivity contribution is 0.678. The van der Waals surface area contributed by atoms with Gasteiger partial charge in [0.05, 0.1) is 0 Å². The number of benzene rings is 1. The highest BCUT2D eigenvalue weighted by Crippen LogP contribution is 2.16. The molecule has 89 valence electrons. The predicted molar refractivity (Wildman–Crippen MR) is 72.0 cm³/mol. The smallest absolute Gasteiger partial charge is 0.0372 e. The Hall–Kier alpha value is -0.980. The molecule has 1 aromatic rings. The second-order valence-electron chi connectivity index (χ2n) is 4.42. The van der Waals surface area contributed by atoms with Crippen molar-refractivity contribution in [3.05, 3.63) is 29.8 Å². The van der Waals surface area contributed by atoms with Crippen molar-refractivity contribution in [1.29, 1.82) is 0 Å². The molecular weight excluding hydrogens is 194 g/mol. The summed E-state index contributed by atoms with van der Waals surface area (Å²) < 4.78 is 0. The average molecular weight is 218 g/mol. The minimum atomic E-state index is 1.17. The Morgan fingerprint density at radius 2 is 1.69 bits per heavy atom. The SMILES string of the molecule is CCCCN(CCCC)c1c[c]c(C)cc1. The van der Waals surface area contributed by atoms with Gasteiger partial charge >= 0.3 is 0 Å². The molecule has 0 aliphatic carbocycles. The predicted octanol–water partition coefficient (Wildman–Crippen LogP) is 4.20. The van der Waals surface area contributed by atoms with Crippen LogP contribution >= 0.6 is 0 Å². The van der Waals surface area contributed by atoms with Crippen molar-refractivity contribution in [1.82, 2.24) is 0 Å². The third-order valence-corrected chi connectivity index (χ3v) is 2.88. The summed E-state index contributed by atoms with van der Waals surface area (Å²) in [5, 5.41) is 0. The molecule has 1 radical (unpaired) electrons. The summed E-state index contributed by atoms with van der Waals surface area (Å²) >= 11 is 0. The summed E-state index contributed by atoms with van der Waals surface area (Å²) in [7, 11) is 0. The molecule has 0 saturated carbocycles. The van der Waals surface area contributed by atoms with Crippen LogP contribution in [0.4, 0.5) is 5.69 Å². The van der Waals surface area contributed by atoms with Crippen LogP contribution in [-0.2, 0) is 0 Å². The van der Waals surface area contributed by atoms with Crippen LogP contribution in [0.1, 0.15) is 45.1 Å². The third kappa shape index (κ3) is 4.26. The Morgan fingerprint density at radius 1 is 1.06 bits per heavy atom. The zero-order valence-electron chi connectivity index (χ0n) is 10.9. The van der Waals surface area contributed by atoms with Gasteiger partial charge in [-0.1, -0.05) is 32.8 Å². The maximum absolute atomic E-state index is 3.29. The molecule has 0 aliphatic heterocycles. The van der Waals surface area contributed by atoms with Crippen LogP contribution in [0.15, 0.2) is 18.2 Å². The van der Waals surface area contributed by atoms with E-state index in [2.05, 4.69) is 49.9 Å². The Labute approximate surface area is 100 Å². The van der Waals surface area contributed by atoms with Crippen molar-refractivity contribution in [3.63, 3.8) is 0 Å². The fourth-order valence-electron chi connectivity index (χ4n) is 1.76. The van der Waals surface area contributed by atoms with Gasteiger partial charge in [-0.05, 0) is 43.5 Å². The summed E-state index contributed by atoms with van der Waals surface area (Å²) in [5.41, 5.74) is 2.54. The van der Waals surface area contributed by atoms with Crippen LogP contribution in [0.5, 0.6) is 0 Å². The zero-order chi connectivity index (χ0) is 11.8. The molecule has 1 nitrogen and oxygen atoms in total. The number of nitrogens with zero attached hydrogens (tertiary/aromatic N) is 1. The van der Waals surface area contributed by atoms with Crippen molar-refractivity contribution in [2.45, 2.75) is 46.5 Å². The first-order valence-corrected chi connectivity index (χ1v) is 6.51. The number of rotatable bonds is 7. The molecule has 1 rings (SSSR count). The Kier molecular flexibility index (Phi) is 5.99. The fourth-order valence-corrected chi connectivity index (χ4v) is 1.76. The summed E-state index contributed by atoms with van der Waals surface area (Å²) in [6, 6.07) is 9.79. The van der Waals surface area contributed by atoms with E-state index in [9.17, 15) is 0 Å². The van der Waals surface area contributed by atoms with E-state index in [0.717, 1.165) is 0 Å². The molecule has 0 amide bonds. The van der Waals surface area contributed by atoms with Crippen LogP contribution in [0.2, 0.25) is 0 Å². The molecule has 0 aromatic heterocycles. The van der Waals surface area contributed by atoms with Crippen molar-refractivity contribution in [3.8, 4) is 0 Å². The molecule has 0 atom stereocenters. The second-order valence-corrected chi connectivity index (χ2v) is 4.42. The van der Waals surface area contributed by atoms with Crippen LogP contribution in [-0.4, -0.2) is 13.1 Å². The summed E-state index contributed by atoms with van der Waals surface area (Å²) in [6.45, 7) is 8.94. The van der Waals surface area contributed by atoms with Gasteiger partial charge in [-0.15, -0.1) is 0 Å². The minimum Gasteiger partial charge on any atom is -0.372 e. The topological polar surface area (TPSA) is 3.24 Å². The zero-order valence-corrected chi connectivity index (χ0v) is 10.9. The molecule has 0 saturated heterocycles. The van der Waals surface area contributed by atoms with E-state index in [0.29, 0.717) is 0 Å². The van der Waals surface area contributed by atoms with Crippen molar-refractivity contribution < 1.29 is 0 Å². The Balaban J connectivity index is 2.62. The molecule has 0 fully saturated rings. The first-order chi connectivity index (χ1) is 7.77. The van der Waals surface area contributed by atoms with E-state index in [-0.39, 0.29) is 0 Å². The molecule has 0 spiro atoms. The van der Waals surface area contributed by atoms with Crippen molar-refractivity contribution >= 4 is 5.69 Å². The van der Waals surface area contributed by atoms with Crippen LogP contribution < -0.4 is 4.90 Å². The van der Waals surface area contributed by atoms with E-state index >= 15 is 0 Å². The van der Waals surface area contributed by atoms with Crippen LogP contribution in [0.25, 0.3) is 0 Å². The quantitative estimate of drug-likeness (QED) is 0.663. The molecule has 1 heteroatoms. The van der Waals surface area contributed by atoms with Gasteiger partial charge in [0.25, 0.3) is 0 Å². The highest BCUT2D eigenvalue weighted by Gasteiger charge is 2.04. The van der Waals surface area contributed by atoms with Gasteiger partial charge in [-0.2, -0.15) is 0 Å². The largest absolute Gasteiger partial charge is 0.372 e. The fraction of sp³-hybridized carbons (Fsp3) is 0.600. The second kappa shape index (κ2) is 7.32. The molecule has 1 aromatic carbocycles. The molecule has 0 heterocycles. The Morgan fingerprint density at radius 3 is 2.12 bits per heavy atom. The summed E-state index contributed by atoms with van der Waals surface area (Å²) in [6.07, 6.45) is 5.07. The molecule has 16 heavy (non-hydrogen) atoms. The van der Waals surface area contributed by atoms with Crippen LogP contribution in [0, 0.1) is 13.0 Å². The lowest BCUT2D eigenvalue weighted by atomic mass is 10.2. The maximum Gasteiger partial charge on any atom is 0.0372 e. The monoisotopic (exact) mass is 218 g/mol. The van der Waals surface area contributed by atoms with Crippen molar-refractivity contribution in [2.24, 2.45) is 0 Å². The van der Waals surface area contributed by atoms with Gasteiger partial charge in [0.15, 0.2) is 0 Å². The van der Waals surface area contributed by atoms with Crippen molar-refractivity contribution in [2.75, 3.05) is 18.0 Å². The van der Waals surface area contributed by atoms with E-state index in [4.69, 9.17) is 0 Å². The molecule has 0 unspecified atom stereocenters. The molecule has 0 aliphatic rings. The molecular formula is C15H24N. The lowest BCUT2D eigenvalue weighted by Crippen LogP contribution is -2.25. The number of hydrogen-bond donors (Lipinski definition) is 0. The standard InChI is InChI=1S/C15H24N/c1-4-6-12-16(13-7-5-2)15-10-8-14(3)9-11-15/h8,10-11H,4-7,12-13H2,1-3H3. The first kappa shape index (κ1) is 13.1. The average Bonchev–Trinajstić information content (AvgIpc) is 2.31. The lowest BCUT2D eigenvalue weighted by Gasteiger charge is -2.24. The Bertz CT molecular complexity index is 268. The van der Waals surface area contributed by atoms with Gasteiger partial charge in [0.2, 0.25) is 0 Å². The first-order valence-electron chi connectivity index (χ1n) is 6.51. The van der Waals surface area contributed by atoms with E-state index in [1.54, 1.807) is 0 Å².